The lowest BCUT2D eigenvalue weighted by molar-refractivity contribution is -0.372. The molecule has 12 heteroatoms. The third-order valence-electron chi connectivity index (χ3n) is 6.05. The van der Waals surface area contributed by atoms with Gasteiger partial charge in [-0.05, 0) is 43.0 Å². The largest absolute Gasteiger partial charge is 0.497 e. The molecular formula is C27H26N2O10. The average Bonchev–Trinajstić information content (AvgIpc) is 2.92. The Hall–Kier alpha value is -4.52. The number of hydrogen-bond acceptors (Lipinski definition) is 12. The van der Waals surface area contributed by atoms with Crippen LogP contribution in [0, 0.1) is 6.92 Å². The second kappa shape index (κ2) is 11.9. The van der Waals surface area contributed by atoms with Crippen molar-refractivity contribution in [2.75, 3.05) is 13.7 Å². The van der Waals surface area contributed by atoms with Crippen LogP contribution in [-0.2, 0) is 44.1 Å². The fourth-order valence-electron chi connectivity index (χ4n) is 4.00. The summed E-state index contributed by atoms with van der Waals surface area (Å²) in [5, 5.41) is 13.3. The highest BCUT2D eigenvalue weighted by molar-refractivity contribution is 5.93. The van der Waals surface area contributed by atoms with E-state index in [9.17, 15) is 24.3 Å². The predicted octanol–water partition coefficient (Wildman–Crippen LogP) is 1.96. The Morgan fingerprint density at radius 3 is 1.74 bits per heavy atom. The van der Waals surface area contributed by atoms with E-state index in [0.29, 0.717) is 27.3 Å². The quantitative estimate of drug-likeness (QED) is 0.575. The first-order valence-corrected chi connectivity index (χ1v) is 11.9. The highest BCUT2D eigenvalue weighted by Crippen LogP contribution is 2.36. The number of rotatable bonds is 6. The molecule has 0 radical (unpaired) electrons. The van der Waals surface area contributed by atoms with Gasteiger partial charge < -0.3 is 29.2 Å². The topological polar surface area (TPSA) is 141 Å². The Labute approximate surface area is 223 Å². The maximum Gasteiger partial charge on any atom is 0.353 e. The molecule has 2 atom stereocenters. The first-order valence-electron chi connectivity index (χ1n) is 11.9. The van der Waals surface area contributed by atoms with Crippen LogP contribution in [0.4, 0.5) is 0 Å². The van der Waals surface area contributed by atoms with E-state index in [-0.39, 0.29) is 12.8 Å². The van der Waals surface area contributed by atoms with Crippen molar-refractivity contribution in [3.63, 3.8) is 0 Å². The highest BCUT2D eigenvalue weighted by atomic mass is 17.0. The van der Waals surface area contributed by atoms with E-state index in [0.717, 1.165) is 29.9 Å². The van der Waals surface area contributed by atoms with Gasteiger partial charge in [0, 0.05) is 34.8 Å². The number of aryl methyl sites for hydroxylation is 1. The van der Waals surface area contributed by atoms with Crippen LogP contribution in [0.25, 0.3) is 0 Å². The molecule has 12 nitrogen and oxygen atoms in total. The first kappa shape index (κ1) is 27.5. The maximum absolute atomic E-state index is 12.3. The van der Waals surface area contributed by atoms with Crippen LogP contribution in [-0.4, -0.2) is 59.1 Å². The summed E-state index contributed by atoms with van der Waals surface area (Å²) in [6.45, 7) is 1.51. The molecule has 2 aromatic rings. The van der Waals surface area contributed by atoms with Gasteiger partial charge in [-0.2, -0.15) is 0 Å². The van der Waals surface area contributed by atoms with Crippen molar-refractivity contribution < 1.29 is 48.4 Å². The van der Waals surface area contributed by atoms with Gasteiger partial charge in [-0.15, -0.1) is 0 Å². The van der Waals surface area contributed by atoms with E-state index in [1.807, 2.05) is 19.1 Å². The Morgan fingerprint density at radius 1 is 0.795 bits per heavy atom. The minimum absolute atomic E-state index is 0.0000683. The predicted molar refractivity (Wildman–Crippen MR) is 131 cm³/mol. The number of carbonyl (C=O) groups is 4. The van der Waals surface area contributed by atoms with Crippen molar-refractivity contribution in [3.05, 3.63) is 89.5 Å². The van der Waals surface area contributed by atoms with Crippen LogP contribution in [0.5, 0.6) is 5.75 Å². The Bertz CT molecular complexity index is 1250. The average molecular weight is 539 g/mol. The number of carbonyl (C=O) groups excluding carboxylic acids is 4. The summed E-state index contributed by atoms with van der Waals surface area (Å²) in [4.78, 5) is 69.2. The van der Waals surface area contributed by atoms with Gasteiger partial charge in [0.1, 0.15) is 17.4 Å². The summed E-state index contributed by atoms with van der Waals surface area (Å²) in [5.74, 6) is -3.49. The van der Waals surface area contributed by atoms with Crippen LogP contribution in [0.3, 0.4) is 0 Å². The molecule has 0 amide bonds. The molecule has 1 N–H and O–H groups in total. The number of hydroxylamine groups is 4. The third-order valence-corrected chi connectivity index (χ3v) is 6.05. The van der Waals surface area contributed by atoms with Gasteiger partial charge in [0.25, 0.3) is 0 Å². The second-order valence-electron chi connectivity index (χ2n) is 8.76. The fraction of sp³-hybridized carbons (Fsp3) is 0.259. The van der Waals surface area contributed by atoms with Gasteiger partial charge in [-0.3, -0.25) is 0 Å². The molecule has 0 saturated carbocycles. The Balaban J connectivity index is 1.71. The number of fused-ring (bicyclic) bond motifs is 3. The minimum Gasteiger partial charge on any atom is -0.497 e. The molecule has 0 fully saturated rings. The van der Waals surface area contributed by atoms with E-state index >= 15 is 0 Å². The van der Waals surface area contributed by atoms with Crippen molar-refractivity contribution in [1.82, 2.24) is 10.5 Å². The van der Waals surface area contributed by atoms with E-state index < -0.39 is 42.1 Å². The number of nitrogens with zero attached hydrogens (tertiary/aromatic N) is 2. The van der Waals surface area contributed by atoms with Gasteiger partial charge in [0.15, 0.2) is 0 Å². The Morgan fingerprint density at radius 2 is 1.26 bits per heavy atom. The molecule has 4 rings (SSSR count). The van der Waals surface area contributed by atoms with Crippen molar-refractivity contribution in [2.24, 2.45) is 0 Å². The monoisotopic (exact) mass is 538 g/mol. The summed E-state index contributed by atoms with van der Waals surface area (Å²) in [6.07, 6.45) is 3.01. The van der Waals surface area contributed by atoms with Gasteiger partial charge in [0.05, 0.1) is 13.7 Å². The summed E-state index contributed by atoms with van der Waals surface area (Å²) in [7, 11) is 1.53. The molecule has 0 spiro atoms. The summed E-state index contributed by atoms with van der Waals surface area (Å²) >= 11 is 0. The number of aliphatic hydroxyl groups is 1. The van der Waals surface area contributed by atoms with Crippen LogP contribution < -0.4 is 4.74 Å². The van der Waals surface area contributed by atoms with E-state index in [2.05, 4.69) is 0 Å². The van der Waals surface area contributed by atoms with Crippen LogP contribution in [0.2, 0.25) is 0 Å². The van der Waals surface area contributed by atoms with Crippen LogP contribution in [0.15, 0.2) is 72.8 Å². The molecule has 2 aliphatic rings. The SMILES string of the molecule is COc1ccc(C(O)(CCC2CN3OC(=O)/C=C\C(=O)ON2OC(=O)/C=C\C(=O)O3)c2ccc(C)cc2)cc1. The number of benzene rings is 2. The lowest BCUT2D eigenvalue weighted by Crippen LogP contribution is -2.48. The van der Waals surface area contributed by atoms with Crippen LogP contribution in [0.1, 0.15) is 29.5 Å². The minimum atomic E-state index is -1.57. The van der Waals surface area contributed by atoms with Crippen molar-refractivity contribution in [2.45, 2.75) is 31.4 Å². The number of methoxy groups -OCH3 is 1. The summed E-state index contributed by atoms with van der Waals surface area (Å²) < 4.78 is 5.24. The summed E-state index contributed by atoms with van der Waals surface area (Å²) in [6, 6.07) is 13.1. The molecule has 2 aliphatic heterocycles. The normalized spacial score (nSPS) is 24.7. The zero-order chi connectivity index (χ0) is 28.0. The number of hydrogen-bond donors (Lipinski definition) is 1. The lowest BCUT2D eigenvalue weighted by atomic mass is 9.81. The molecular weight excluding hydrogens is 512 g/mol. The third kappa shape index (κ3) is 6.87. The zero-order valence-electron chi connectivity index (χ0n) is 21.1. The molecule has 0 aromatic heterocycles. The zero-order valence-corrected chi connectivity index (χ0v) is 21.1. The van der Waals surface area contributed by atoms with Crippen molar-refractivity contribution in [3.8, 4) is 5.75 Å². The molecule has 2 bridgehead atoms. The van der Waals surface area contributed by atoms with Crippen molar-refractivity contribution in [1.29, 1.82) is 0 Å². The standard InChI is InChI=1S/C27H26N2O10/c1-18-3-5-19(6-4-18)27(34,20-7-9-22(35-2)10-8-20)16-15-21-17-28-36-23(30)11-13-25(32)38-29(21)39-26(33)14-12-24(31)37-28/h3-14,21,34H,15-17H2,1-2H3/b13-11-,14-12-. The molecule has 204 valence electrons. The van der Waals surface area contributed by atoms with Gasteiger partial charge in [0.2, 0.25) is 0 Å². The highest BCUT2D eigenvalue weighted by Gasteiger charge is 2.38. The maximum atomic E-state index is 12.3. The molecule has 39 heavy (non-hydrogen) atoms. The first-order chi connectivity index (χ1) is 18.7. The van der Waals surface area contributed by atoms with E-state index in [4.69, 9.17) is 24.1 Å². The van der Waals surface area contributed by atoms with E-state index in [1.165, 1.54) is 7.11 Å². The van der Waals surface area contributed by atoms with Crippen molar-refractivity contribution >= 4 is 23.9 Å². The Kier molecular flexibility index (Phi) is 8.39. The smallest absolute Gasteiger partial charge is 0.353 e. The molecule has 2 heterocycles. The fourth-order valence-corrected chi connectivity index (χ4v) is 4.00. The number of ether oxygens (including phenoxy) is 1. The van der Waals surface area contributed by atoms with Gasteiger partial charge in [-0.1, -0.05) is 42.0 Å². The molecule has 0 saturated heterocycles. The molecule has 2 aromatic carbocycles. The van der Waals surface area contributed by atoms with Gasteiger partial charge in [-0.25, -0.2) is 19.2 Å². The molecule has 2 unspecified atom stereocenters. The lowest BCUT2D eigenvalue weighted by Gasteiger charge is -2.34. The summed E-state index contributed by atoms with van der Waals surface area (Å²) in [5.41, 5.74) is 0.530. The second-order valence-corrected chi connectivity index (χ2v) is 8.76. The van der Waals surface area contributed by atoms with Gasteiger partial charge >= 0.3 is 23.9 Å². The van der Waals surface area contributed by atoms with Crippen LogP contribution >= 0.6 is 0 Å². The molecule has 0 aliphatic carbocycles. The van der Waals surface area contributed by atoms with E-state index in [1.54, 1.807) is 36.4 Å².